The summed E-state index contributed by atoms with van der Waals surface area (Å²) in [5, 5.41) is 26.6. The molecule has 13 heteroatoms. The van der Waals surface area contributed by atoms with E-state index in [2.05, 4.69) is 39.3 Å². The molecular formula is C21H51O9Si4. The van der Waals surface area contributed by atoms with Crippen molar-refractivity contribution in [1.29, 1.82) is 0 Å². The second kappa shape index (κ2) is 19.6. The maximum atomic E-state index is 8.87. The van der Waals surface area contributed by atoms with Gasteiger partial charge < -0.3 is 41.9 Å². The highest BCUT2D eigenvalue weighted by molar-refractivity contribution is 6.84. The first-order valence-electron chi connectivity index (χ1n) is 12.5. The van der Waals surface area contributed by atoms with Gasteiger partial charge in [0, 0.05) is 19.8 Å². The molecule has 0 unspecified atom stereocenters. The summed E-state index contributed by atoms with van der Waals surface area (Å²) in [5.41, 5.74) is 0. The fraction of sp³-hybridized carbons (Fsp3) is 1.00. The van der Waals surface area contributed by atoms with Gasteiger partial charge in [-0.05, 0) is 76.7 Å². The maximum absolute atomic E-state index is 8.87. The summed E-state index contributed by atoms with van der Waals surface area (Å²) in [7, 11) is -8.01. The lowest BCUT2D eigenvalue weighted by molar-refractivity contribution is 0.0919. The molecule has 0 amide bonds. The van der Waals surface area contributed by atoms with E-state index in [0.717, 1.165) is 37.4 Å². The lowest BCUT2D eigenvalue weighted by Gasteiger charge is -2.36. The summed E-state index contributed by atoms with van der Waals surface area (Å²) in [6.45, 7) is 16.3. The van der Waals surface area contributed by atoms with E-state index in [9.17, 15) is 0 Å². The predicted molar refractivity (Wildman–Crippen MR) is 143 cm³/mol. The molecule has 0 fully saturated rings. The van der Waals surface area contributed by atoms with Gasteiger partial charge in [0.05, 0.1) is 39.6 Å². The zero-order valence-electron chi connectivity index (χ0n) is 22.4. The fourth-order valence-electron chi connectivity index (χ4n) is 3.19. The van der Waals surface area contributed by atoms with Crippen molar-refractivity contribution in [3.05, 3.63) is 0 Å². The first-order valence-corrected chi connectivity index (χ1v) is 23.0. The molecule has 0 saturated carbocycles. The highest BCUT2D eigenvalue weighted by Crippen LogP contribution is 2.24. The number of hydrogen-bond acceptors (Lipinski definition) is 9. The van der Waals surface area contributed by atoms with Crippen LogP contribution in [0.2, 0.25) is 57.4 Å². The Kier molecular flexibility index (Phi) is 19.9. The van der Waals surface area contributed by atoms with Crippen LogP contribution in [-0.2, 0) is 26.6 Å². The molecule has 0 aliphatic heterocycles. The van der Waals surface area contributed by atoms with Crippen molar-refractivity contribution < 1.29 is 41.9 Å². The van der Waals surface area contributed by atoms with E-state index < -0.39 is 34.5 Å². The normalized spacial score (nSPS) is 13.2. The molecule has 0 saturated heterocycles. The van der Waals surface area contributed by atoms with Gasteiger partial charge in [0.1, 0.15) is 0 Å². The Morgan fingerprint density at radius 2 is 0.735 bits per heavy atom. The first kappa shape index (κ1) is 34.5. The Labute approximate surface area is 212 Å². The molecule has 0 spiro atoms. The van der Waals surface area contributed by atoms with Crippen LogP contribution in [0.15, 0.2) is 0 Å². The van der Waals surface area contributed by atoms with Crippen molar-refractivity contribution in [2.45, 2.75) is 76.7 Å². The molecule has 0 heterocycles. The zero-order chi connectivity index (χ0) is 25.9. The molecule has 0 aromatic carbocycles. The minimum absolute atomic E-state index is 0.0433. The molecule has 0 bridgehead atoms. The summed E-state index contributed by atoms with van der Waals surface area (Å²) >= 11 is 0. The first-order chi connectivity index (χ1) is 16.0. The van der Waals surface area contributed by atoms with Crippen molar-refractivity contribution in [3.63, 3.8) is 0 Å². The number of ether oxygens (including phenoxy) is 3. The molecule has 1 radical (unpaired) electrons. The van der Waals surface area contributed by atoms with Crippen LogP contribution in [0.4, 0.5) is 0 Å². The van der Waals surface area contributed by atoms with Gasteiger partial charge in [-0.2, -0.15) is 0 Å². The Morgan fingerprint density at radius 3 is 0.971 bits per heavy atom. The van der Waals surface area contributed by atoms with Crippen LogP contribution in [0.1, 0.15) is 19.3 Å². The third kappa shape index (κ3) is 20.7. The van der Waals surface area contributed by atoms with Crippen LogP contribution < -0.4 is 0 Å². The second-order valence-electron chi connectivity index (χ2n) is 10.2. The quantitative estimate of drug-likeness (QED) is 0.121. The van der Waals surface area contributed by atoms with Gasteiger partial charge in [-0.3, -0.25) is 0 Å². The molecule has 9 nitrogen and oxygen atoms in total. The van der Waals surface area contributed by atoms with Gasteiger partial charge in [-0.25, -0.2) is 0 Å². The number of aliphatic hydroxyl groups excluding tert-OH is 3. The number of aliphatic hydroxyl groups is 3. The highest BCUT2D eigenvalue weighted by atomic mass is 28.5. The van der Waals surface area contributed by atoms with Crippen molar-refractivity contribution in [1.82, 2.24) is 0 Å². The maximum Gasteiger partial charge on any atom is 0.544 e. The Morgan fingerprint density at radius 1 is 0.471 bits per heavy atom. The van der Waals surface area contributed by atoms with Crippen LogP contribution in [0.5, 0.6) is 0 Å². The van der Waals surface area contributed by atoms with E-state index in [4.69, 9.17) is 41.9 Å². The van der Waals surface area contributed by atoms with Gasteiger partial charge >= 0.3 is 9.53 Å². The fourth-order valence-corrected chi connectivity index (χ4v) is 14.4. The van der Waals surface area contributed by atoms with E-state index in [1.54, 1.807) is 0 Å². The molecule has 0 aliphatic carbocycles. The summed E-state index contributed by atoms with van der Waals surface area (Å²) < 4.78 is 36.1. The molecule has 0 aromatic heterocycles. The van der Waals surface area contributed by atoms with Gasteiger partial charge in [0.2, 0.25) is 0 Å². The van der Waals surface area contributed by atoms with Crippen molar-refractivity contribution in [3.8, 4) is 0 Å². The smallest absolute Gasteiger partial charge is 0.414 e. The van der Waals surface area contributed by atoms with E-state index in [0.29, 0.717) is 39.6 Å². The topological polar surface area (TPSA) is 116 Å². The zero-order valence-corrected chi connectivity index (χ0v) is 26.4. The van der Waals surface area contributed by atoms with Crippen molar-refractivity contribution in [2.75, 3.05) is 59.5 Å². The van der Waals surface area contributed by atoms with E-state index >= 15 is 0 Å². The molecule has 0 aromatic rings. The van der Waals surface area contributed by atoms with Gasteiger partial charge in [0.15, 0.2) is 25.0 Å². The SMILES string of the molecule is C[Si](C)(CCCOCCO)O[Si](O[Si](C)(C)CCCOCCO)O[Si](C)(C)CCCOCCO. The monoisotopic (exact) mass is 559 g/mol. The van der Waals surface area contributed by atoms with Crippen molar-refractivity contribution in [2.24, 2.45) is 0 Å². The third-order valence-corrected chi connectivity index (χ3v) is 18.3. The van der Waals surface area contributed by atoms with Crippen molar-refractivity contribution >= 4 is 34.5 Å². The minimum Gasteiger partial charge on any atom is -0.414 e. The molecule has 3 N–H and O–H groups in total. The Hall–Kier alpha value is 0.508. The predicted octanol–water partition coefficient (Wildman–Crippen LogP) is 2.83. The highest BCUT2D eigenvalue weighted by Gasteiger charge is 2.40. The largest absolute Gasteiger partial charge is 0.544 e. The van der Waals surface area contributed by atoms with Crippen LogP contribution in [0.25, 0.3) is 0 Å². The average Bonchev–Trinajstić information content (AvgIpc) is 2.72. The van der Waals surface area contributed by atoms with E-state index in [1.165, 1.54) is 0 Å². The molecule has 205 valence electrons. The summed E-state index contributed by atoms with van der Waals surface area (Å²) in [5.74, 6) is 0. The second-order valence-corrected chi connectivity index (χ2v) is 25.2. The van der Waals surface area contributed by atoms with E-state index in [-0.39, 0.29) is 19.8 Å². The van der Waals surface area contributed by atoms with Crippen LogP contribution in [0, 0.1) is 0 Å². The van der Waals surface area contributed by atoms with Crippen LogP contribution in [0.3, 0.4) is 0 Å². The van der Waals surface area contributed by atoms with E-state index in [1.807, 2.05) is 0 Å². The van der Waals surface area contributed by atoms with Crippen LogP contribution in [-0.4, -0.2) is 109 Å². The summed E-state index contributed by atoms with van der Waals surface area (Å²) in [6.07, 6.45) is 2.67. The number of hydrogen-bond donors (Lipinski definition) is 3. The minimum atomic E-state index is -2.03. The van der Waals surface area contributed by atoms with Crippen LogP contribution >= 0.6 is 0 Å². The average molecular weight is 560 g/mol. The molecule has 0 atom stereocenters. The lowest BCUT2D eigenvalue weighted by atomic mass is 10.5. The molecule has 0 aliphatic rings. The Balaban J connectivity index is 4.97. The summed E-state index contributed by atoms with van der Waals surface area (Å²) in [6, 6.07) is 2.81. The lowest BCUT2D eigenvalue weighted by Crippen LogP contribution is -2.51. The van der Waals surface area contributed by atoms with Gasteiger partial charge in [0.25, 0.3) is 0 Å². The van der Waals surface area contributed by atoms with Gasteiger partial charge in [-0.15, -0.1) is 0 Å². The third-order valence-electron chi connectivity index (χ3n) is 4.99. The molecule has 34 heavy (non-hydrogen) atoms. The molecular weight excluding hydrogens is 509 g/mol. The van der Waals surface area contributed by atoms with Gasteiger partial charge in [-0.1, -0.05) is 0 Å². The number of rotatable bonds is 24. The summed E-state index contributed by atoms with van der Waals surface area (Å²) in [4.78, 5) is 0. The molecule has 0 rings (SSSR count). The standard InChI is InChI=1S/C21H51O9Si4/c1-32(2,19-7-13-25-16-10-22)28-31(29-33(3,4)20-8-14-26-17-11-23)30-34(5,6)21-9-15-27-18-12-24/h22-24H,7-21H2,1-6H3. The Bertz CT molecular complexity index is 419.